The fraction of sp³-hybridized carbons (Fsp3) is 0.571. The number of amides is 1. The topological polar surface area (TPSA) is 33.2 Å². The van der Waals surface area contributed by atoms with Gasteiger partial charge in [0.2, 0.25) is 0 Å². The lowest BCUT2D eigenvalue weighted by Gasteiger charge is -2.23. The van der Waals surface area contributed by atoms with Crippen LogP contribution in [0.4, 0.5) is 0 Å². The fourth-order valence-electron chi connectivity index (χ4n) is 1.88. The molecule has 0 atom stereocenters. The van der Waals surface area contributed by atoms with Crippen molar-refractivity contribution in [2.24, 2.45) is 5.92 Å². The Morgan fingerprint density at radius 3 is 2.72 bits per heavy atom. The molecule has 0 aromatic carbocycles. The third-order valence-corrected chi connectivity index (χ3v) is 3.61. The average Bonchev–Trinajstić information content (AvgIpc) is 3.14. The summed E-state index contributed by atoms with van der Waals surface area (Å²) in [6.45, 7) is 5.22. The molecule has 1 aromatic heterocycles. The Morgan fingerprint density at radius 2 is 2.22 bits per heavy atom. The van der Waals surface area contributed by atoms with E-state index in [1.165, 1.54) is 0 Å². The first-order valence-corrected chi connectivity index (χ1v) is 7.29. The number of pyridine rings is 1. The highest BCUT2D eigenvalue weighted by Crippen LogP contribution is 2.28. The highest BCUT2D eigenvalue weighted by molar-refractivity contribution is 9.10. The van der Waals surface area contributed by atoms with E-state index in [2.05, 4.69) is 34.8 Å². The monoisotopic (exact) mass is 310 g/mol. The van der Waals surface area contributed by atoms with Crippen LogP contribution in [0.3, 0.4) is 0 Å². The first kappa shape index (κ1) is 13.5. The van der Waals surface area contributed by atoms with Crippen LogP contribution in [0.1, 0.15) is 43.6 Å². The van der Waals surface area contributed by atoms with Crippen LogP contribution in [-0.2, 0) is 0 Å². The van der Waals surface area contributed by atoms with Crippen LogP contribution >= 0.6 is 15.9 Å². The predicted octanol–water partition coefficient (Wildman–Crippen LogP) is 3.49. The molecular weight excluding hydrogens is 292 g/mol. The number of carbonyl (C=O) groups is 1. The van der Waals surface area contributed by atoms with Crippen molar-refractivity contribution < 1.29 is 4.79 Å². The van der Waals surface area contributed by atoms with Crippen molar-refractivity contribution in [1.29, 1.82) is 0 Å². The van der Waals surface area contributed by atoms with E-state index in [-0.39, 0.29) is 5.91 Å². The molecule has 2 rings (SSSR count). The van der Waals surface area contributed by atoms with Crippen molar-refractivity contribution in [1.82, 2.24) is 9.88 Å². The first-order valence-electron chi connectivity index (χ1n) is 6.50. The van der Waals surface area contributed by atoms with Gasteiger partial charge in [0, 0.05) is 23.3 Å². The van der Waals surface area contributed by atoms with E-state index in [1.807, 2.05) is 11.0 Å². The van der Waals surface area contributed by atoms with Crippen molar-refractivity contribution >= 4 is 21.8 Å². The van der Waals surface area contributed by atoms with Crippen LogP contribution in [0, 0.1) is 5.92 Å². The van der Waals surface area contributed by atoms with Gasteiger partial charge in [0.25, 0.3) is 5.91 Å². The maximum Gasteiger partial charge on any atom is 0.272 e. The second kappa shape index (κ2) is 5.83. The normalized spacial score (nSPS) is 14.9. The van der Waals surface area contributed by atoms with Crippen LogP contribution in [0.5, 0.6) is 0 Å². The van der Waals surface area contributed by atoms with Gasteiger partial charge in [-0.1, -0.05) is 13.8 Å². The van der Waals surface area contributed by atoms with Crippen LogP contribution < -0.4 is 0 Å². The van der Waals surface area contributed by atoms with Crippen LogP contribution in [0.25, 0.3) is 0 Å². The zero-order valence-corrected chi connectivity index (χ0v) is 12.5. The second-order valence-corrected chi connectivity index (χ2v) is 6.19. The smallest absolute Gasteiger partial charge is 0.272 e. The standard InChI is InChI=1S/C14H19BrN2O/c1-10(2)7-8-17(12-4-5-12)14(18)13-6-3-11(15)9-16-13/h3,6,9-10,12H,4-5,7-8H2,1-2H3. The molecule has 98 valence electrons. The molecule has 1 fully saturated rings. The van der Waals surface area contributed by atoms with Crippen LogP contribution in [-0.4, -0.2) is 28.4 Å². The largest absolute Gasteiger partial charge is 0.334 e. The van der Waals surface area contributed by atoms with E-state index in [0.29, 0.717) is 17.7 Å². The number of hydrogen-bond donors (Lipinski definition) is 0. The summed E-state index contributed by atoms with van der Waals surface area (Å²) in [5.74, 6) is 0.697. The molecule has 0 bridgehead atoms. The van der Waals surface area contributed by atoms with Crippen molar-refractivity contribution in [3.63, 3.8) is 0 Å². The molecule has 1 aromatic rings. The van der Waals surface area contributed by atoms with Gasteiger partial charge in [0.15, 0.2) is 0 Å². The van der Waals surface area contributed by atoms with E-state index in [4.69, 9.17) is 0 Å². The highest BCUT2D eigenvalue weighted by Gasteiger charge is 2.33. The molecule has 0 spiro atoms. The Labute approximate surface area is 117 Å². The van der Waals surface area contributed by atoms with Gasteiger partial charge >= 0.3 is 0 Å². The van der Waals surface area contributed by atoms with Gasteiger partial charge in [0.05, 0.1) is 0 Å². The van der Waals surface area contributed by atoms with Gasteiger partial charge in [-0.3, -0.25) is 4.79 Å². The van der Waals surface area contributed by atoms with E-state index >= 15 is 0 Å². The molecule has 1 amide bonds. The average molecular weight is 311 g/mol. The minimum atomic E-state index is 0.0747. The summed E-state index contributed by atoms with van der Waals surface area (Å²) in [7, 11) is 0. The lowest BCUT2D eigenvalue weighted by molar-refractivity contribution is 0.0729. The number of rotatable bonds is 5. The van der Waals surface area contributed by atoms with Crippen molar-refractivity contribution in [3.05, 3.63) is 28.5 Å². The van der Waals surface area contributed by atoms with Gasteiger partial charge in [-0.05, 0) is 53.2 Å². The summed E-state index contributed by atoms with van der Waals surface area (Å²) in [6.07, 6.45) is 5.01. The SMILES string of the molecule is CC(C)CCN(C(=O)c1ccc(Br)cn1)C1CC1. The van der Waals surface area contributed by atoms with E-state index in [0.717, 1.165) is 30.3 Å². The van der Waals surface area contributed by atoms with E-state index < -0.39 is 0 Å². The number of nitrogens with zero attached hydrogens (tertiary/aromatic N) is 2. The van der Waals surface area contributed by atoms with Gasteiger partial charge in [-0.2, -0.15) is 0 Å². The molecule has 3 nitrogen and oxygen atoms in total. The van der Waals surface area contributed by atoms with Gasteiger partial charge < -0.3 is 4.90 Å². The molecule has 1 saturated carbocycles. The summed E-state index contributed by atoms with van der Waals surface area (Å²) < 4.78 is 0.902. The zero-order valence-electron chi connectivity index (χ0n) is 10.9. The molecule has 0 radical (unpaired) electrons. The molecule has 18 heavy (non-hydrogen) atoms. The van der Waals surface area contributed by atoms with Crippen LogP contribution in [0.2, 0.25) is 0 Å². The fourth-order valence-corrected chi connectivity index (χ4v) is 2.12. The summed E-state index contributed by atoms with van der Waals surface area (Å²) >= 11 is 3.34. The molecule has 4 heteroatoms. The van der Waals surface area contributed by atoms with Crippen LogP contribution in [0.15, 0.2) is 22.8 Å². The highest BCUT2D eigenvalue weighted by atomic mass is 79.9. The Bertz CT molecular complexity index is 412. The predicted molar refractivity (Wildman–Crippen MR) is 75.5 cm³/mol. The lowest BCUT2D eigenvalue weighted by Crippen LogP contribution is -2.35. The van der Waals surface area contributed by atoms with E-state index in [9.17, 15) is 4.79 Å². The Morgan fingerprint density at radius 1 is 1.50 bits per heavy atom. The molecule has 1 aliphatic rings. The second-order valence-electron chi connectivity index (χ2n) is 5.27. The first-order chi connectivity index (χ1) is 8.58. The maximum atomic E-state index is 12.4. The Balaban J connectivity index is 2.05. The molecule has 1 aliphatic carbocycles. The number of halogens is 1. The Kier molecular flexibility index (Phi) is 4.38. The van der Waals surface area contributed by atoms with Crippen molar-refractivity contribution in [3.8, 4) is 0 Å². The molecule has 0 saturated heterocycles. The third-order valence-electron chi connectivity index (χ3n) is 3.14. The Hall–Kier alpha value is -0.900. The minimum absolute atomic E-state index is 0.0747. The maximum absolute atomic E-state index is 12.4. The number of carbonyl (C=O) groups excluding carboxylic acids is 1. The van der Waals surface area contributed by atoms with Gasteiger partial charge in [-0.25, -0.2) is 4.98 Å². The molecular formula is C14H19BrN2O. The summed E-state index contributed by atoms with van der Waals surface area (Å²) in [4.78, 5) is 18.6. The summed E-state index contributed by atoms with van der Waals surface area (Å²) in [5, 5.41) is 0. The zero-order chi connectivity index (χ0) is 13.1. The summed E-state index contributed by atoms with van der Waals surface area (Å²) in [6, 6.07) is 4.10. The van der Waals surface area contributed by atoms with Gasteiger partial charge in [0.1, 0.15) is 5.69 Å². The third kappa shape index (κ3) is 3.55. The quantitative estimate of drug-likeness (QED) is 0.834. The minimum Gasteiger partial charge on any atom is -0.334 e. The summed E-state index contributed by atoms with van der Waals surface area (Å²) in [5.41, 5.74) is 0.550. The lowest BCUT2D eigenvalue weighted by atomic mass is 10.1. The number of aromatic nitrogens is 1. The number of hydrogen-bond acceptors (Lipinski definition) is 2. The molecule has 0 N–H and O–H groups in total. The molecule has 0 aliphatic heterocycles. The van der Waals surface area contributed by atoms with Crippen molar-refractivity contribution in [2.75, 3.05) is 6.54 Å². The van der Waals surface area contributed by atoms with Gasteiger partial charge in [-0.15, -0.1) is 0 Å². The molecule has 0 unspecified atom stereocenters. The van der Waals surface area contributed by atoms with Crippen molar-refractivity contribution in [2.45, 2.75) is 39.2 Å². The van der Waals surface area contributed by atoms with E-state index in [1.54, 1.807) is 12.3 Å². The molecule has 1 heterocycles.